The van der Waals surface area contributed by atoms with Gasteiger partial charge in [0.05, 0.1) is 38.6 Å². The molecule has 0 aliphatic heterocycles. The van der Waals surface area contributed by atoms with Crippen molar-refractivity contribution >= 4 is 82.0 Å². The summed E-state index contributed by atoms with van der Waals surface area (Å²) in [5.74, 6) is 0.824. The molecule has 0 saturated heterocycles. The molecular formula is C48H29N5. The van der Waals surface area contributed by atoms with E-state index in [9.17, 15) is 0 Å². The maximum atomic E-state index is 5.38. The maximum Gasteiger partial charge on any atom is 0.221 e. The summed E-state index contributed by atoms with van der Waals surface area (Å²) in [4.78, 5) is 10.5. The smallest absolute Gasteiger partial charge is 0.221 e. The highest BCUT2D eigenvalue weighted by Crippen LogP contribution is 2.39. The summed E-state index contributed by atoms with van der Waals surface area (Å²) in [5.41, 5.74) is 11.9. The predicted molar refractivity (Wildman–Crippen MR) is 220 cm³/mol. The van der Waals surface area contributed by atoms with E-state index in [1.807, 2.05) is 6.07 Å². The Kier molecular flexibility index (Phi) is 5.71. The highest BCUT2D eigenvalue weighted by atomic mass is 15.2. The van der Waals surface area contributed by atoms with Gasteiger partial charge in [-0.2, -0.15) is 0 Å². The molecule has 5 nitrogen and oxygen atoms in total. The third-order valence-corrected chi connectivity index (χ3v) is 11.0. The van der Waals surface area contributed by atoms with Crippen LogP contribution in [0.1, 0.15) is 0 Å². The van der Waals surface area contributed by atoms with Crippen LogP contribution in [-0.4, -0.2) is 23.5 Å². The van der Waals surface area contributed by atoms with E-state index in [1.165, 1.54) is 48.9 Å². The van der Waals surface area contributed by atoms with Gasteiger partial charge in [-0.15, -0.1) is 0 Å². The molecule has 0 spiro atoms. The first-order chi connectivity index (χ1) is 26.3. The molecule has 0 unspecified atom stereocenters. The van der Waals surface area contributed by atoms with Crippen molar-refractivity contribution in [2.45, 2.75) is 0 Å². The Bertz CT molecular complexity index is 3470. The maximum absolute atomic E-state index is 5.38. The van der Waals surface area contributed by atoms with Crippen LogP contribution in [0.2, 0.25) is 0 Å². The Hall–Kier alpha value is -7.24. The molecule has 0 aliphatic rings. The number of aromatic nitrogens is 5. The minimum atomic E-state index is 0.824. The lowest BCUT2D eigenvalue weighted by molar-refractivity contribution is 0.979. The topological polar surface area (TPSA) is 40.0 Å². The molecule has 0 N–H and O–H groups in total. The molecule has 8 aromatic carbocycles. The molecule has 5 heteroatoms. The Morgan fingerprint density at radius 3 is 1.79 bits per heavy atom. The Morgan fingerprint density at radius 1 is 0.340 bits per heavy atom. The molecule has 0 fully saturated rings. The van der Waals surface area contributed by atoms with Gasteiger partial charge in [-0.05, 0) is 88.6 Å². The SMILES string of the molecule is c1ccc2cc(-n3c4ccccc4c4cc(-c5ccc6c7ccccc7n(-c7nc8ccccc8c8nc9ccccc9n78)c6c5)ccc43)ccc2c1. The molecule has 0 aliphatic carbocycles. The molecular weight excluding hydrogens is 647 g/mol. The van der Waals surface area contributed by atoms with Gasteiger partial charge in [-0.1, -0.05) is 109 Å². The summed E-state index contributed by atoms with van der Waals surface area (Å²) in [7, 11) is 0. The molecule has 0 bridgehead atoms. The summed E-state index contributed by atoms with van der Waals surface area (Å²) in [6.07, 6.45) is 0. The molecule has 53 heavy (non-hydrogen) atoms. The molecule has 0 radical (unpaired) electrons. The quantitative estimate of drug-likeness (QED) is 0.187. The molecule has 12 aromatic rings. The van der Waals surface area contributed by atoms with Crippen LogP contribution in [-0.2, 0) is 0 Å². The van der Waals surface area contributed by atoms with Crippen LogP contribution in [0.5, 0.6) is 0 Å². The fourth-order valence-corrected chi connectivity index (χ4v) is 8.59. The lowest BCUT2D eigenvalue weighted by atomic mass is 10.0. The minimum Gasteiger partial charge on any atom is -0.309 e. The molecule has 4 heterocycles. The molecule has 12 rings (SSSR count). The van der Waals surface area contributed by atoms with E-state index in [-0.39, 0.29) is 0 Å². The number of benzene rings is 8. The summed E-state index contributed by atoms with van der Waals surface area (Å²) < 4.78 is 6.95. The van der Waals surface area contributed by atoms with Gasteiger partial charge in [-0.3, -0.25) is 8.97 Å². The second-order valence-corrected chi connectivity index (χ2v) is 13.9. The van der Waals surface area contributed by atoms with Gasteiger partial charge in [-0.25, -0.2) is 9.97 Å². The Morgan fingerprint density at radius 2 is 0.943 bits per heavy atom. The number of para-hydroxylation sites is 5. The van der Waals surface area contributed by atoms with E-state index in [2.05, 4.69) is 183 Å². The van der Waals surface area contributed by atoms with Gasteiger partial charge >= 0.3 is 0 Å². The predicted octanol–water partition coefficient (Wildman–Crippen LogP) is 12.1. The van der Waals surface area contributed by atoms with E-state index >= 15 is 0 Å². The molecule has 246 valence electrons. The van der Waals surface area contributed by atoms with Crippen LogP contribution in [0, 0.1) is 0 Å². The molecule has 0 amide bonds. The van der Waals surface area contributed by atoms with Crippen LogP contribution < -0.4 is 0 Å². The second kappa shape index (κ2) is 10.6. The van der Waals surface area contributed by atoms with Crippen LogP contribution in [0.4, 0.5) is 0 Å². The standard InChI is InChI=1S/C48H29N5/c1-2-12-31-27-34(24-21-30(31)11-1)51-42-18-8-5-14-36(42)39-28-32(23-26-44(39)51)33-22-25-37-35-13-4-9-19-43(35)52(46(37)29-33)48-50-40-16-6-3-15-38(40)47-49-41-17-7-10-20-45(41)53(47)48/h1-29H. The van der Waals surface area contributed by atoms with Gasteiger partial charge in [0, 0.05) is 32.6 Å². The average Bonchev–Trinajstić information content (AvgIpc) is 3.88. The number of fused-ring (bicyclic) bond motifs is 12. The van der Waals surface area contributed by atoms with Crippen LogP contribution in [0.25, 0.3) is 105 Å². The van der Waals surface area contributed by atoms with E-state index in [4.69, 9.17) is 9.97 Å². The fraction of sp³-hybridized carbons (Fsp3) is 0. The largest absolute Gasteiger partial charge is 0.309 e. The average molecular weight is 676 g/mol. The number of hydrogen-bond donors (Lipinski definition) is 0. The van der Waals surface area contributed by atoms with Crippen LogP contribution >= 0.6 is 0 Å². The Balaban J connectivity index is 1.12. The lowest BCUT2D eigenvalue weighted by Crippen LogP contribution is -2.06. The van der Waals surface area contributed by atoms with E-state index in [0.717, 1.165) is 55.8 Å². The van der Waals surface area contributed by atoms with Crippen molar-refractivity contribution in [1.29, 1.82) is 0 Å². The fourth-order valence-electron chi connectivity index (χ4n) is 8.59. The zero-order valence-electron chi connectivity index (χ0n) is 28.5. The lowest BCUT2D eigenvalue weighted by Gasteiger charge is -2.13. The summed E-state index contributed by atoms with van der Waals surface area (Å²) >= 11 is 0. The van der Waals surface area contributed by atoms with E-state index < -0.39 is 0 Å². The van der Waals surface area contributed by atoms with Crippen molar-refractivity contribution in [3.63, 3.8) is 0 Å². The van der Waals surface area contributed by atoms with E-state index in [0.29, 0.717) is 0 Å². The molecule has 0 saturated carbocycles. The third kappa shape index (κ3) is 4.02. The first-order valence-electron chi connectivity index (χ1n) is 18.0. The number of rotatable bonds is 3. The van der Waals surface area contributed by atoms with Crippen molar-refractivity contribution in [2.24, 2.45) is 0 Å². The molecule has 0 atom stereocenters. The van der Waals surface area contributed by atoms with Crippen molar-refractivity contribution in [2.75, 3.05) is 0 Å². The highest BCUT2D eigenvalue weighted by Gasteiger charge is 2.21. The monoisotopic (exact) mass is 675 g/mol. The second-order valence-electron chi connectivity index (χ2n) is 13.9. The summed E-state index contributed by atoms with van der Waals surface area (Å²) in [6.45, 7) is 0. The van der Waals surface area contributed by atoms with Crippen LogP contribution in [0.3, 0.4) is 0 Å². The van der Waals surface area contributed by atoms with Crippen molar-refractivity contribution in [1.82, 2.24) is 23.5 Å². The number of nitrogens with zero attached hydrogens (tertiary/aromatic N) is 5. The number of imidazole rings is 1. The van der Waals surface area contributed by atoms with Gasteiger partial charge in [0.1, 0.15) is 5.65 Å². The zero-order valence-corrected chi connectivity index (χ0v) is 28.5. The van der Waals surface area contributed by atoms with E-state index in [1.54, 1.807) is 0 Å². The summed E-state index contributed by atoms with van der Waals surface area (Å²) in [6, 6.07) is 63.1. The Labute approximate surface area is 303 Å². The van der Waals surface area contributed by atoms with Crippen LogP contribution in [0.15, 0.2) is 176 Å². The summed E-state index contributed by atoms with van der Waals surface area (Å²) in [5, 5.41) is 8.36. The van der Waals surface area contributed by atoms with Gasteiger partial charge in [0.25, 0.3) is 0 Å². The van der Waals surface area contributed by atoms with Crippen molar-refractivity contribution in [3.05, 3.63) is 176 Å². The van der Waals surface area contributed by atoms with Crippen molar-refractivity contribution in [3.8, 4) is 22.8 Å². The van der Waals surface area contributed by atoms with Gasteiger partial charge < -0.3 is 4.57 Å². The molecule has 4 aromatic heterocycles. The minimum absolute atomic E-state index is 0.824. The first-order valence-corrected chi connectivity index (χ1v) is 18.0. The van der Waals surface area contributed by atoms with Gasteiger partial charge in [0.15, 0.2) is 0 Å². The van der Waals surface area contributed by atoms with Gasteiger partial charge in [0.2, 0.25) is 5.95 Å². The third-order valence-electron chi connectivity index (χ3n) is 11.0. The normalized spacial score (nSPS) is 12.2. The first kappa shape index (κ1) is 28.5. The van der Waals surface area contributed by atoms with Crippen molar-refractivity contribution < 1.29 is 0 Å². The zero-order chi connectivity index (χ0) is 34.6. The number of hydrogen-bond acceptors (Lipinski definition) is 2. The highest BCUT2D eigenvalue weighted by molar-refractivity contribution is 6.13.